The van der Waals surface area contributed by atoms with Gasteiger partial charge in [-0.15, -0.1) is 0 Å². The molecule has 5 nitrogen and oxygen atoms in total. The van der Waals surface area contributed by atoms with E-state index in [2.05, 4.69) is 16.3 Å². The first-order valence-corrected chi connectivity index (χ1v) is 8.09. The van der Waals surface area contributed by atoms with Crippen LogP contribution in [0.3, 0.4) is 0 Å². The molecule has 1 aromatic heterocycles. The van der Waals surface area contributed by atoms with Gasteiger partial charge in [-0.05, 0) is 36.8 Å². The summed E-state index contributed by atoms with van der Waals surface area (Å²) in [5, 5.41) is 13.0. The van der Waals surface area contributed by atoms with Crippen molar-refractivity contribution in [1.29, 1.82) is 0 Å². The van der Waals surface area contributed by atoms with Gasteiger partial charge in [0.15, 0.2) is 0 Å². The summed E-state index contributed by atoms with van der Waals surface area (Å²) >= 11 is 0. The van der Waals surface area contributed by atoms with Crippen LogP contribution in [0.25, 0.3) is 0 Å². The summed E-state index contributed by atoms with van der Waals surface area (Å²) in [6.45, 7) is 6.85. The number of furan rings is 1. The van der Waals surface area contributed by atoms with Crippen LogP contribution in [-0.4, -0.2) is 42.9 Å². The predicted molar refractivity (Wildman–Crippen MR) is 88.4 cm³/mol. The molecule has 5 heteroatoms. The molecule has 1 saturated heterocycles. The van der Waals surface area contributed by atoms with E-state index in [1.54, 1.807) is 12.1 Å². The third-order valence-electron chi connectivity index (χ3n) is 4.15. The third kappa shape index (κ3) is 4.34. The number of hydrogen-bond acceptors (Lipinski definition) is 5. The highest BCUT2D eigenvalue weighted by atomic mass is 16.5. The van der Waals surface area contributed by atoms with Gasteiger partial charge in [-0.1, -0.05) is 12.1 Å². The lowest BCUT2D eigenvalue weighted by Crippen LogP contribution is -2.42. The first-order chi connectivity index (χ1) is 11.2. The third-order valence-corrected chi connectivity index (χ3v) is 4.15. The smallest absolute Gasteiger partial charge is 0.122 e. The zero-order chi connectivity index (χ0) is 16.1. The zero-order valence-electron chi connectivity index (χ0n) is 13.5. The van der Waals surface area contributed by atoms with Crippen LogP contribution in [-0.2, 0) is 11.3 Å². The zero-order valence-corrected chi connectivity index (χ0v) is 13.5. The molecule has 0 aliphatic carbocycles. The van der Waals surface area contributed by atoms with Crippen LogP contribution in [0.15, 0.2) is 40.8 Å². The highest BCUT2D eigenvalue weighted by molar-refractivity contribution is 5.27. The van der Waals surface area contributed by atoms with E-state index in [1.165, 1.54) is 0 Å². The summed E-state index contributed by atoms with van der Waals surface area (Å²) in [5.41, 5.74) is 1.07. The SMILES string of the molecule is Cc1ccc([C@@H](CNCc2cccc(O)c2)N2CCOCC2)o1. The predicted octanol–water partition coefficient (Wildman–Crippen LogP) is 2.46. The Balaban J connectivity index is 1.63. The van der Waals surface area contributed by atoms with Gasteiger partial charge in [0.25, 0.3) is 0 Å². The maximum atomic E-state index is 9.54. The molecule has 0 amide bonds. The van der Waals surface area contributed by atoms with E-state index in [0.717, 1.165) is 56.5 Å². The van der Waals surface area contributed by atoms with Gasteiger partial charge in [0.1, 0.15) is 17.3 Å². The number of benzene rings is 1. The van der Waals surface area contributed by atoms with E-state index in [0.29, 0.717) is 5.75 Å². The summed E-state index contributed by atoms with van der Waals surface area (Å²) in [5.74, 6) is 2.23. The van der Waals surface area contributed by atoms with Gasteiger partial charge >= 0.3 is 0 Å². The average molecular weight is 316 g/mol. The highest BCUT2D eigenvalue weighted by Gasteiger charge is 2.24. The summed E-state index contributed by atoms with van der Waals surface area (Å²) in [7, 11) is 0. The van der Waals surface area contributed by atoms with E-state index in [-0.39, 0.29) is 6.04 Å². The molecule has 1 aromatic carbocycles. The highest BCUT2D eigenvalue weighted by Crippen LogP contribution is 2.23. The van der Waals surface area contributed by atoms with Gasteiger partial charge in [0.05, 0.1) is 19.3 Å². The molecule has 0 spiro atoms. The molecule has 2 heterocycles. The van der Waals surface area contributed by atoms with Gasteiger partial charge in [-0.2, -0.15) is 0 Å². The molecule has 2 N–H and O–H groups in total. The molecular weight excluding hydrogens is 292 g/mol. The molecule has 0 unspecified atom stereocenters. The van der Waals surface area contributed by atoms with Crippen molar-refractivity contribution in [3.8, 4) is 5.75 Å². The molecule has 23 heavy (non-hydrogen) atoms. The number of nitrogens with zero attached hydrogens (tertiary/aromatic N) is 1. The van der Waals surface area contributed by atoms with E-state index in [9.17, 15) is 5.11 Å². The van der Waals surface area contributed by atoms with Crippen LogP contribution < -0.4 is 5.32 Å². The number of hydrogen-bond donors (Lipinski definition) is 2. The van der Waals surface area contributed by atoms with E-state index >= 15 is 0 Å². The molecule has 3 rings (SSSR count). The van der Waals surface area contributed by atoms with Crippen molar-refractivity contribution in [2.24, 2.45) is 0 Å². The number of aromatic hydroxyl groups is 1. The fraction of sp³-hybridized carbons (Fsp3) is 0.444. The number of phenols is 1. The van der Waals surface area contributed by atoms with Crippen molar-refractivity contribution in [3.63, 3.8) is 0 Å². The fourth-order valence-corrected chi connectivity index (χ4v) is 2.95. The normalized spacial score (nSPS) is 17.3. The minimum atomic E-state index is 0.199. The molecule has 1 aliphatic heterocycles. The number of ether oxygens (including phenoxy) is 1. The van der Waals surface area contributed by atoms with Gasteiger partial charge in [0, 0.05) is 26.2 Å². The van der Waals surface area contributed by atoms with Crippen LogP contribution in [0, 0.1) is 6.92 Å². The fourth-order valence-electron chi connectivity index (χ4n) is 2.95. The Morgan fingerprint density at radius 2 is 2.04 bits per heavy atom. The summed E-state index contributed by atoms with van der Waals surface area (Å²) in [6, 6.07) is 11.6. The topological polar surface area (TPSA) is 57.9 Å². The molecular formula is C18H24N2O3. The van der Waals surface area contributed by atoms with Crippen LogP contribution in [0.4, 0.5) is 0 Å². The van der Waals surface area contributed by atoms with Crippen LogP contribution in [0.2, 0.25) is 0 Å². The number of nitrogens with one attached hydrogen (secondary N) is 1. The van der Waals surface area contributed by atoms with Crippen LogP contribution in [0.1, 0.15) is 23.1 Å². The Kier molecular flexibility index (Phi) is 5.33. The van der Waals surface area contributed by atoms with Crippen LogP contribution in [0.5, 0.6) is 5.75 Å². The van der Waals surface area contributed by atoms with E-state index < -0.39 is 0 Å². The molecule has 1 fully saturated rings. The number of phenolic OH excluding ortho intramolecular Hbond substituents is 1. The molecule has 2 aromatic rings. The summed E-state index contributed by atoms with van der Waals surface area (Å²) < 4.78 is 11.3. The lowest BCUT2D eigenvalue weighted by molar-refractivity contribution is 0.0115. The lowest BCUT2D eigenvalue weighted by Gasteiger charge is -2.33. The molecule has 0 radical (unpaired) electrons. The first kappa shape index (κ1) is 16.1. The maximum absolute atomic E-state index is 9.54. The maximum Gasteiger partial charge on any atom is 0.122 e. The number of morpholine rings is 1. The summed E-state index contributed by atoms with van der Waals surface area (Å²) in [4.78, 5) is 2.40. The van der Waals surface area contributed by atoms with Crippen LogP contribution >= 0.6 is 0 Å². The minimum Gasteiger partial charge on any atom is -0.508 e. The van der Waals surface area contributed by atoms with Crippen molar-refractivity contribution in [2.45, 2.75) is 19.5 Å². The Labute approximate surface area is 136 Å². The number of aryl methyl sites for hydroxylation is 1. The molecule has 0 saturated carbocycles. The van der Waals surface area contributed by atoms with Gasteiger partial charge in [0.2, 0.25) is 0 Å². The van der Waals surface area contributed by atoms with Gasteiger partial charge < -0.3 is 19.6 Å². The minimum absolute atomic E-state index is 0.199. The Bertz CT molecular complexity index is 620. The quantitative estimate of drug-likeness (QED) is 0.857. The van der Waals surface area contributed by atoms with E-state index in [1.807, 2.05) is 25.1 Å². The summed E-state index contributed by atoms with van der Waals surface area (Å²) in [6.07, 6.45) is 0. The first-order valence-electron chi connectivity index (χ1n) is 8.09. The average Bonchev–Trinajstić information content (AvgIpc) is 2.99. The van der Waals surface area contributed by atoms with Crippen molar-refractivity contribution >= 4 is 0 Å². The van der Waals surface area contributed by atoms with Crippen molar-refractivity contribution in [1.82, 2.24) is 10.2 Å². The van der Waals surface area contributed by atoms with Gasteiger partial charge in [-0.3, -0.25) is 4.90 Å². The largest absolute Gasteiger partial charge is 0.508 e. The van der Waals surface area contributed by atoms with Crippen molar-refractivity contribution in [3.05, 3.63) is 53.5 Å². The van der Waals surface area contributed by atoms with Crippen molar-refractivity contribution < 1.29 is 14.3 Å². The van der Waals surface area contributed by atoms with Gasteiger partial charge in [-0.25, -0.2) is 0 Å². The molecule has 124 valence electrons. The second-order valence-corrected chi connectivity index (χ2v) is 5.91. The lowest BCUT2D eigenvalue weighted by atomic mass is 10.1. The second-order valence-electron chi connectivity index (χ2n) is 5.91. The monoisotopic (exact) mass is 316 g/mol. The second kappa shape index (κ2) is 7.64. The number of rotatable bonds is 6. The Morgan fingerprint density at radius 3 is 2.74 bits per heavy atom. The van der Waals surface area contributed by atoms with E-state index in [4.69, 9.17) is 9.15 Å². The molecule has 1 atom stereocenters. The molecule has 1 aliphatic rings. The van der Waals surface area contributed by atoms with Crippen molar-refractivity contribution in [2.75, 3.05) is 32.8 Å². The standard InChI is InChI=1S/C18H24N2O3/c1-14-5-6-18(23-14)17(20-7-9-22-10-8-20)13-19-12-15-3-2-4-16(21)11-15/h2-6,11,17,19,21H,7-10,12-13H2,1H3/t17-/m1/s1. The Morgan fingerprint density at radius 1 is 1.22 bits per heavy atom. The molecule has 0 bridgehead atoms. The Hall–Kier alpha value is -1.82.